The average molecular weight is 468 g/mol. The van der Waals surface area contributed by atoms with Gasteiger partial charge in [-0.05, 0) is 39.3 Å². The first-order chi connectivity index (χ1) is 16.2. The van der Waals surface area contributed by atoms with Crippen LogP contribution in [0.15, 0.2) is 42.9 Å². The van der Waals surface area contributed by atoms with E-state index in [4.69, 9.17) is 4.98 Å². The molecule has 3 aromatic heterocycles. The number of benzene rings is 1. The van der Waals surface area contributed by atoms with Gasteiger partial charge in [0.15, 0.2) is 11.6 Å². The third-order valence-electron chi connectivity index (χ3n) is 5.98. The second kappa shape index (κ2) is 7.93. The van der Waals surface area contributed by atoms with E-state index in [9.17, 15) is 13.2 Å². The van der Waals surface area contributed by atoms with E-state index in [1.54, 1.807) is 23.2 Å². The molecule has 34 heavy (non-hydrogen) atoms. The van der Waals surface area contributed by atoms with Crippen LogP contribution in [0.3, 0.4) is 0 Å². The van der Waals surface area contributed by atoms with Crippen molar-refractivity contribution < 1.29 is 13.2 Å². The molecule has 1 aliphatic heterocycles. The van der Waals surface area contributed by atoms with E-state index in [2.05, 4.69) is 45.8 Å². The Bertz CT molecular complexity index is 1340. The molecule has 0 saturated heterocycles. The molecule has 0 N–H and O–H groups in total. The number of rotatable bonds is 4. The monoisotopic (exact) mass is 468 g/mol. The maximum absolute atomic E-state index is 13.0. The second-order valence-electron chi connectivity index (χ2n) is 8.44. The number of alkyl halides is 3. The summed E-state index contributed by atoms with van der Waals surface area (Å²) in [6.07, 6.45) is 1.42. The van der Waals surface area contributed by atoms with Crippen molar-refractivity contribution in [2.24, 2.45) is 0 Å². The summed E-state index contributed by atoms with van der Waals surface area (Å²) in [5, 5.41) is 8.69. The van der Waals surface area contributed by atoms with E-state index >= 15 is 0 Å². The van der Waals surface area contributed by atoms with Crippen molar-refractivity contribution in [3.63, 3.8) is 0 Å². The number of nitrogens with zero attached hydrogens (tertiary/aromatic N) is 8. The lowest BCUT2D eigenvalue weighted by molar-refractivity contribution is -0.137. The summed E-state index contributed by atoms with van der Waals surface area (Å²) in [7, 11) is 0. The third kappa shape index (κ3) is 3.42. The van der Waals surface area contributed by atoms with Gasteiger partial charge in [-0.3, -0.25) is 9.13 Å². The molecule has 0 unspecified atom stereocenters. The molecule has 0 saturated carbocycles. The molecule has 0 spiro atoms. The van der Waals surface area contributed by atoms with Crippen molar-refractivity contribution in [2.75, 3.05) is 4.90 Å². The molecule has 0 amide bonds. The molecule has 176 valence electrons. The van der Waals surface area contributed by atoms with E-state index in [-0.39, 0.29) is 12.1 Å². The van der Waals surface area contributed by atoms with Crippen LogP contribution in [-0.2, 0) is 6.18 Å². The van der Waals surface area contributed by atoms with Gasteiger partial charge in [-0.1, -0.05) is 19.1 Å². The van der Waals surface area contributed by atoms with Crippen molar-refractivity contribution in [2.45, 2.75) is 52.4 Å². The molecule has 5 rings (SSSR count). The van der Waals surface area contributed by atoms with Gasteiger partial charge >= 0.3 is 6.18 Å². The molecule has 4 aromatic rings. The van der Waals surface area contributed by atoms with Crippen molar-refractivity contribution >= 4 is 5.82 Å². The van der Waals surface area contributed by atoms with Crippen LogP contribution in [0.25, 0.3) is 23.0 Å². The fraction of sp³-hybridized carbons (Fsp3) is 0.348. The van der Waals surface area contributed by atoms with Crippen molar-refractivity contribution in [3.05, 3.63) is 60.1 Å². The summed E-state index contributed by atoms with van der Waals surface area (Å²) in [6, 6.07) is 5.03. The van der Waals surface area contributed by atoms with Crippen LogP contribution >= 0.6 is 0 Å². The Labute approximate surface area is 194 Å². The van der Waals surface area contributed by atoms with Crippen LogP contribution in [-0.4, -0.2) is 40.3 Å². The van der Waals surface area contributed by atoms with Gasteiger partial charge in [0.2, 0.25) is 5.95 Å². The number of imidazole rings is 1. The highest BCUT2D eigenvalue weighted by molar-refractivity contribution is 5.64. The highest BCUT2D eigenvalue weighted by atomic mass is 19.4. The highest BCUT2D eigenvalue weighted by Gasteiger charge is 2.36. The average Bonchev–Trinajstić information content (AvgIpc) is 3.44. The molecule has 0 fully saturated rings. The SMILES string of the molecule is CC[C@@H]1c2nnc(C)n2-c2cnc(-n3ccnc3-c3ccc(C(F)(F)F)cc3)nc2N1C(C)C. The lowest BCUT2D eigenvalue weighted by Gasteiger charge is -2.39. The Kier molecular flexibility index (Phi) is 5.14. The largest absolute Gasteiger partial charge is 0.416 e. The zero-order valence-corrected chi connectivity index (χ0v) is 19.1. The number of aryl methyl sites for hydroxylation is 1. The Morgan fingerprint density at radius 2 is 1.79 bits per heavy atom. The van der Waals surface area contributed by atoms with Gasteiger partial charge in [0, 0.05) is 24.0 Å². The Hall–Kier alpha value is -3.76. The van der Waals surface area contributed by atoms with Gasteiger partial charge in [0.05, 0.1) is 17.8 Å². The Balaban J connectivity index is 1.62. The van der Waals surface area contributed by atoms with Crippen LogP contribution in [0.5, 0.6) is 0 Å². The lowest BCUT2D eigenvalue weighted by atomic mass is 10.1. The van der Waals surface area contributed by atoms with E-state index in [1.807, 2.05) is 11.5 Å². The van der Waals surface area contributed by atoms with Gasteiger partial charge in [-0.15, -0.1) is 10.2 Å². The molecule has 4 heterocycles. The number of hydrogen-bond donors (Lipinski definition) is 0. The molecule has 0 radical (unpaired) electrons. The van der Waals surface area contributed by atoms with Crippen LogP contribution in [0, 0.1) is 6.92 Å². The summed E-state index contributed by atoms with van der Waals surface area (Å²) >= 11 is 0. The molecule has 1 aromatic carbocycles. The minimum absolute atomic E-state index is 0.00591. The quantitative estimate of drug-likeness (QED) is 0.423. The first-order valence-corrected chi connectivity index (χ1v) is 11.0. The van der Waals surface area contributed by atoms with Gasteiger partial charge in [0.25, 0.3) is 0 Å². The summed E-state index contributed by atoms with van der Waals surface area (Å²) in [5.41, 5.74) is 0.608. The first-order valence-electron chi connectivity index (χ1n) is 11.0. The molecule has 1 aliphatic rings. The predicted octanol–water partition coefficient (Wildman–Crippen LogP) is 4.92. The van der Waals surface area contributed by atoms with Crippen LogP contribution in [0.4, 0.5) is 19.0 Å². The lowest BCUT2D eigenvalue weighted by Crippen LogP contribution is -2.40. The molecule has 0 aliphatic carbocycles. The number of halogens is 3. The van der Waals surface area contributed by atoms with Crippen LogP contribution in [0.2, 0.25) is 0 Å². The molecular weight excluding hydrogens is 445 g/mol. The van der Waals surface area contributed by atoms with E-state index < -0.39 is 11.7 Å². The van der Waals surface area contributed by atoms with Gasteiger partial charge < -0.3 is 4.90 Å². The fourth-order valence-electron chi connectivity index (χ4n) is 4.46. The van der Waals surface area contributed by atoms with Crippen molar-refractivity contribution in [3.8, 4) is 23.0 Å². The molecular formula is C23H23F3N8. The van der Waals surface area contributed by atoms with E-state index in [1.165, 1.54) is 12.1 Å². The van der Waals surface area contributed by atoms with Gasteiger partial charge in [0.1, 0.15) is 17.3 Å². The molecule has 0 bridgehead atoms. The summed E-state index contributed by atoms with van der Waals surface area (Å²) in [4.78, 5) is 16.0. The zero-order valence-electron chi connectivity index (χ0n) is 19.1. The van der Waals surface area contributed by atoms with Gasteiger partial charge in [-0.2, -0.15) is 18.2 Å². The third-order valence-corrected chi connectivity index (χ3v) is 5.98. The van der Waals surface area contributed by atoms with Gasteiger partial charge in [-0.25, -0.2) is 9.97 Å². The van der Waals surface area contributed by atoms with Crippen LogP contribution in [0.1, 0.15) is 50.4 Å². The minimum Gasteiger partial charge on any atom is -0.342 e. The molecule has 1 atom stereocenters. The normalized spacial score (nSPS) is 15.5. The zero-order chi connectivity index (χ0) is 24.2. The highest BCUT2D eigenvalue weighted by Crippen LogP contribution is 2.40. The van der Waals surface area contributed by atoms with E-state index in [0.717, 1.165) is 41.7 Å². The molecule has 8 nitrogen and oxygen atoms in total. The minimum atomic E-state index is -4.40. The maximum atomic E-state index is 13.0. The Morgan fingerprint density at radius 3 is 2.44 bits per heavy atom. The predicted molar refractivity (Wildman–Crippen MR) is 120 cm³/mol. The van der Waals surface area contributed by atoms with Crippen molar-refractivity contribution in [1.82, 2.24) is 34.3 Å². The Morgan fingerprint density at radius 1 is 1.06 bits per heavy atom. The summed E-state index contributed by atoms with van der Waals surface area (Å²) in [6.45, 7) is 8.18. The smallest absolute Gasteiger partial charge is 0.342 e. The fourth-order valence-corrected chi connectivity index (χ4v) is 4.46. The number of hydrogen-bond acceptors (Lipinski definition) is 6. The number of aromatic nitrogens is 7. The summed E-state index contributed by atoms with van der Waals surface area (Å²) in [5.74, 6) is 3.18. The number of fused-ring (bicyclic) bond motifs is 3. The summed E-state index contributed by atoms with van der Waals surface area (Å²) < 4.78 is 42.6. The van der Waals surface area contributed by atoms with E-state index in [0.29, 0.717) is 17.3 Å². The maximum Gasteiger partial charge on any atom is 0.416 e. The first kappa shape index (κ1) is 22.1. The molecule has 11 heteroatoms. The topological polar surface area (TPSA) is 77.5 Å². The van der Waals surface area contributed by atoms with Crippen LogP contribution < -0.4 is 4.90 Å². The standard InChI is InChI=1S/C23H23F3N8/c1-5-17-21-31-30-14(4)34(21)18-12-28-22(29-20(18)33(17)13(2)3)32-11-10-27-19(32)15-6-8-16(9-7-15)23(24,25)26/h6-13,17H,5H2,1-4H3/t17-/m1/s1. The second-order valence-corrected chi connectivity index (χ2v) is 8.44. The number of anilines is 1. The van der Waals surface area contributed by atoms with Crippen molar-refractivity contribution in [1.29, 1.82) is 0 Å².